The van der Waals surface area contributed by atoms with Crippen LogP contribution < -0.4 is 5.32 Å². The van der Waals surface area contributed by atoms with Gasteiger partial charge in [-0.05, 0) is 29.5 Å². The summed E-state index contributed by atoms with van der Waals surface area (Å²) in [6.07, 6.45) is 1.37. The average Bonchev–Trinajstić information content (AvgIpc) is 2.27. The Bertz CT molecular complexity index is 451. The Morgan fingerprint density at radius 1 is 1.38 bits per heavy atom. The fourth-order valence-electron chi connectivity index (χ4n) is 1.93. The summed E-state index contributed by atoms with van der Waals surface area (Å²) in [5.74, 6) is -0.0221. The van der Waals surface area contributed by atoms with Gasteiger partial charge in [0, 0.05) is 5.56 Å². The number of hydrogen-bond acceptors (Lipinski definition) is 2. The molecule has 0 saturated heterocycles. The topological polar surface area (TPSA) is 46.2 Å². The van der Waals surface area contributed by atoms with Crippen LogP contribution in [-0.4, -0.2) is 11.8 Å². The molecule has 1 aliphatic rings. The van der Waals surface area contributed by atoms with Gasteiger partial charge in [-0.3, -0.25) is 14.9 Å². The first-order chi connectivity index (χ1) is 7.61. The lowest BCUT2D eigenvalue weighted by Crippen LogP contribution is -2.37. The Hall–Kier alpha value is -1.64. The Kier molecular flexibility index (Phi) is 2.77. The van der Waals surface area contributed by atoms with Crippen LogP contribution in [0.5, 0.6) is 0 Å². The SMILES string of the molecule is CCC(C)c1ccc2c(c1)CC(=O)NC2=O. The maximum atomic E-state index is 11.5. The Morgan fingerprint density at radius 3 is 2.81 bits per heavy atom. The number of benzene rings is 1. The molecular formula is C13H15NO2. The van der Waals surface area contributed by atoms with Gasteiger partial charge < -0.3 is 0 Å². The zero-order chi connectivity index (χ0) is 11.7. The number of nitrogens with one attached hydrogen (secondary N) is 1. The lowest BCUT2D eigenvalue weighted by molar-refractivity contribution is -0.119. The summed E-state index contributed by atoms with van der Waals surface area (Å²) in [5, 5.41) is 2.32. The third-order valence-electron chi connectivity index (χ3n) is 3.16. The second kappa shape index (κ2) is 4.08. The second-order valence-corrected chi connectivity index (χ2v) is 4.28. The van der Waals surface area contributed by atoms with Crippen molar-refractivity contribution in [3.05, 3.63) is 34.9 Å². The van der Waals surface area contributed by atoms with Crippen molar-refractivity contribution in [1.82, 2.24) is 5.32 Å². The molecule has 0 aliphatic carbocycles. The van der Waals surface area contributed by atoms with E-state index in [1.165, 1.54) is 5.56 Å². The quantitative estimate of drug-likeness (QED) is 0.770. The predicted octanol–water partition coefficient (Wildman–Crippen LogP) is 2.01. The van der Waals surface area contributed by atoms with Gasteiger partial charge in [0.15, 0.2) is 0 Å². The van der Waals surface area contributed by atoms with E-state index in [1.54, 1.807) is 0 Å². The molecule has 84 valence electrons. The highest BCUT2D eigenvalue weighted by atomic mass is 16.2. The summed E-state index contributed by atoms with van der Waals surface area (Å²) in [7, 11) is 0. The maximum absolute atomic E-state index is 11.5. The van der Waals surface area contributed by atoms with Crippen LogP contribution in [-0.2, 0) is 11.2 Å². The number of carbonyl (C=O) groups excluding carboxylic acids is 2. The second-order valence-electron chi connectivity index (χ2n) is 4.28. The summed E-state index contributed by atoms with van der Waals surface area (Å²) in [4.78, 5) is 22.8. The van der Waals surface area contributed by atoms with E-state index >= 15 is 0 Å². The van der Waals surface area contributed by atoms with Crippen molar-refractivity contribution in [3.63, 3.8) is 0 Å². The van der Waals surface area contributed by atoms with E-state index in [1.807, 2.05) is 18.2 Å². The molecule has 1 unspecified atom stereocenters. The van der Waals surface area contributed by atoms with Gasteiger partial charge in [0.25, 0.3) is 5.91 Å². The minimum absolute atomic E-state index is 0.209. The molecule has 1 heterocycles. The van der Waals surface area contributed by atoms with Crippen LogP contribution in [0.2, 0.25) is 0 Å². The fourth-order valence-corrected chi connectivity index (χ4v) is 1.93. The molecule has 1 aliphatic heterocycles. The molecule has 0 fully saturated rings. The van der Waals surface area contributed by atoms with Crippen LogP contribution in [0.1, 0.15) is 47.7 Å². The van der Waals surface area contributed by atoms with Crippen molar-refractivity contribution in [2.24, 2.45) is 0 Å². The van der Waals surface area contributed by atoms with Gasteiger partial charge in [-0.1, -0.05) is 26.0 Å². The molecule has 0 bridgehead atoms. The summed E-state index contributed by atoms with van der Waals surface area (Å²) in [6.45, 7) is 4.27. The summed E-state index contributed by atoms with van der Waals surface area (Å²) in [5.41, 5.74) is 2.68. The molecule has 1 aromatic rings. The first kappa shape index (κ1) is 10.9. The van der Waals surface area contributed by atoms with E-state index in [9.17, 15) is 9.59 Å². The number of hydrogen-bond donors (Lipinski definition) is 1. The molecule has 3 heteroatoms. The molecule has 0 saturated carbocycles. The van der Waals surface area contributed by atoms with Crippen LogP contribution >= 0.6 is 0 Å². The zero-order valence-corrected chi connectivity index (χ0v) is 9.54. The van der Waals surface area contributed by atoms with Gasteiger partial charge in [-0.25, -0.2) is 0 Å². The molecular weight excluding hydrogens is 202 g/mol. The molecule has 2 amide bonds. The van der Waals surface area contributed by atoms with E-state index in [0.717, 1.165) is 12.0 Å². The van der Waals surface area contributed by atoms with E-state index in [2.05, 4.69) is 19.2 Å². The normalized spacial score (nSPS) is 16.6. The van der Waals surface area contributed by atoms with Crippen molar-refractivity contribution in [2.45, 2.75) is 32.6 Å². The van der Waals surface area contributed by atoms with Crippen molar-refractivity contribution < 1.29 is 9.59 Å². The molecule has 1 aromatic carbocycles. The van der Waals surface area contributed by atoms with E-state index in [0.29, 0.717) is 17.9 Å². The zero-order valence-electron chi connectivity index (χ0n) is 9.54. The molecule has 0 spiro atoms. The van der Waals surface area contributed by atoms with Crippen LogP contribution in [0.25, 0.3) is 0 Å². The average molecular weight is 217 g/mol. The van der Waals surface area contributed by atoms with Crippen LogP contribution in [0, 0.1) is 0 Å². The smallest absolute Gasteiger partial charge is 0.258 e. The maximum Gasteiger partial charge on any atom is 0.258 e. The van der Waals surface area contributed by atoms with Crippen LogP contribution in [0.4, 0.5) is 0 Å². The highest BCUT2D eigenvalue weighted by molar-refractivity contribution is 6.09. The van der Waals surface area contributed by atoms with Gasteiger partial charge in [0.1, 0.15) is 0 Å². The van der Waals surface area contributed by atoms with Crippen molar-refractivity contribution in [2.75, 3.05) is 0 Å². The molecule has 0 radical (unpaired) electrons. The summed E-state index contributed by atoms with van der Waals surface area (Å²) < 4.78 is 0. The fraction of sp³-hybridized carbons (Fsp3) is 0.385. The summed E-state index contributed by atoms with van der Waals surface area (Å²) in [6, 6.07) is 5.78. The van der Waals surface area contributed by atoms with Crippen LogP contribution in [0.15, 0.2) is 18.2 Å². The van der Waals surface area contributed by atoms with E-state index in [4.69, 9.17) is 0 Å². The van der Waals surface area contributed by atoms with Gasteiger partial charge in [0.2, 0.25) is 5.91 Å². The third-order valence-corrected chi connectivity index (χ3v) is 3.16. The molecule has 16 heavy (non-hydrogen) atoms. The highest BCUT2D eigenvalue weighted by Gasteiger charge is 2.22. The number of fused-ring (bicyclic) bond motifs is 1. The molecule has 1 atom stereocenters. The lowest BCUT2D eigenvalue weighted by atomic mass is 9.91. The molecule has 3 nitrogen and oxygen atoms in total. The minimum Gasteiger partial charge on any atom is -0.292 e. The molecule has 0 aromatic heterocycles. The van der Waals surface area contributed by atoms with Gasteiger partial charge in [0.05, 0.1) is 6.42 Å². The molecule has 1 N–H and O–H groups in total. The monoisotopic (exact) mass is 217 g/mol. The van der Waals surface area contributed by atoms with E-state index < -0.39 is 0 Å². The van der Waals surface area contributed by atoms with E-state index in [-0.39, 0.29) is 11.8 Å². The van der Waals surface area contributed by atoms with Crippen molar-refractivity contribution >= 4 is 11.8 Å². The number of carbonyl (C=O) groups is 2. The summed E-state index contributed by atoms with van der Waals surface area (Å²) >= 11 is 0. The number of imide groups is 1. The van der Waals surface area contributed by atoms with Gasteiger partial charge in [-0.15, -0.1) is 0 Å². The highest BCUT2D eigenvalue weighted by Crippen LogP contribution is 2.23. The first-order valence-corrected chi connectivity index (χ1v) is 5.58. The Morgan fingerprint density at radius 2 is 2.12 bits per heavy atom. The first-order valence-electron chi connectivity index (χ1n) is 5.58. The predicted molar refractivity (Wildman–Crippen MR) is 61.3 cm³/mol. The largest absolute Gasteiger partial charge is 0.292 e. The minimum atomic E-state index is -0.276. The lowest BCUT2D eigenvalue weighted by Gasteiger charge is -2.18. The Balaban J connectivity index is 2.42. The number of rotatable bonds is 2. The third kappa shape index (κ3) is 1.85. The van der Waals surface area contributed by atoms with Gasteiger partial charge in [-0.2, -0.15) is 0 Å². The van der Waals surface area contributed by atoms with Crippen molar-refractivity contribution in [3.8, 4) is 0 Å². The number of amides is 2. The molecule has 2 rings (SSSR count). The van der Waals surface area contributed by atoms with Crippen molar-refractivity contribution in [1.29, 1.82) is 0 Å². The Labute approximate surface area is 94.9 Å². The van der Waals surface area contributed by atoms with Gasteiger partial charge >= 0.3 is 0 Å². The standard InChI is InChI=1S/C13H15NO2/c1-3-8(2)9-4-5-11-10(6-9)7-12(15)14-13(11)16/h4-6,8H,3,7H2,1-2H3,(H,14,15,16). The van der Waals surface area contributed by atoms with Crippen LogP contribution in [0.3, 0.4) is 0 Å².